The number of halogens is 1. The van der Waals surface area contributed by atoms with Gasteiger partial charge in [-0.05, 0) is 24.2 Å². The van der Waals surface area contributed by atoms with Crippen molar-refractivity contribution in [1.82, 2.24) is 0 Å². The van der Waals surface area contributed by atoms with E-state index < -0.39 is 0 Å². The van der Waals surface area contributed by atoms with Gasteiger partial charge in [0.2, 0.25) is 0 Å². The molecule has 0 amide bonds. The van der Waals surface area contributed by atoms with Gasteiger partial charge >= 0.3 is 0 Å². The highest BCUT2D eigenvalue weighted by Crippen LogP contribution is 2.31. The largest absolute Gasteiger partial charge is 0.0885 e. The van der Waals surface area contributed by atoms with E-state index in [0.29, 0.717) is 10.2 Å². The van der Waals surface area contributed by atoms with E-state index in [4.69, 9.17) is 0 Å². The second-order valence-corrected chi connectivity index (χ2v) is 6.41. The number of rotatable bonds is 5. The monoisotopic (exact) mass is 248 g/mol. The van der Waals surface area contributed by atoms with Crippen LogP contribution in [-0.2, 0) is 0 Å². The lowest BCUT2D eigenvalue weighted by Gasteiger charge is -2.26. The smallest absolute Gasteiger partial charge is 0.0194 e. The van der Waals surface area contributed by atoms with Gasteiger partial charge in [0.05, 0.1) is 0 Å². The zero-order chi connectivity index (χ0) is 10.5. The Morgan fingerprint density at radius 3 is 2.00 bits per heavy atom. The van der Waals surface area contributed by atoms with Crippen molar-refractivity contribution >= 4 is 15.9 Å². The van der Waals surface area contributed by atoms with Crippen LogP contribution in [0.25, 0.3) is 0 Å². The molecule has 0 aromatic carbocycles. The van der Waals surface area contributed by atoms with Crippen molar-refractivity contribution in [3.63, 3.8) is 0 Å². The fourth-order valence-electron chi connectivity index (χ4n) is 1.50. The van der Waals surface area contributed by atoms with Crippen LogP contribution in [0.3, 0.4) is 0 Å². The maximum Gasteiger partial charge on any atom is 0.0194 e. The van der Waals surface area contributed by atoms with Gasteiger partial charge in [-0.2, -0.15) is 0 Å². The molecule has 1 heteroatoms. The molecule has 0 fully saturated rings. The Morgan fingerprint density at radius 2 is 1.62 bits per heavy atom. The fourth-order valence-corrected chi connectivity index (χ4v) is 1.77. The van der Waals surface area contributed by atoms with Crippen LogP contribution in [0.5, 0.6) is 0 Å². The first-order chi connectivity index (χ1) is 5.88. The molecule has 0 saturated carbocycles. The molecule has 0 aromatic heterocycles. The van der Waals surface area contributed by atoms with Crippen LogP contribution in [0.15, 0.2) is 0 Å². The minimum Gasteiger partial charge on any atom is -0.0885 e. The molecule has 0 nitrogen and oxygen atoms in total. The van der Waals surface area contributed by atoms with Gasteiger partial charge in [-0.1, -0.05) is 63.4 Å². The third-order valence-electron chi connectivity index (χ3n) is 2.63. The van der Waals surface area contributed by atoms with Crippen molar-refractivity contribution < 1.29 is 0 Å². The third-order valence-corrected chi connectivity index (χ3v) is 4.47. The number of hydrogen-bond donors (Lipinski definition) is 0. The SMILES string of the molecule is CCCC(C)CCC(Br)C(C)(C)C. The minimum atomic E-state index is 0.409. The van der Waals surface area contributed by atoms with Crippen molar-refractivity contribution in [2.75, 3.05) is 0 Å². The van der Waals surface area contributed by atoms with E-state index in [-0.39, 0.29) is 0 Å². The molecule has 0 saturated heterocycles. The molecule has 13 heavy (non-hydrogen) atoms. The van der Waals surface area contributed by atoms with Crippen molar-refractivity contribution in [2.24, 2.45) is 11.3 Å². The lowest BCUT2D eigenvalue weighted by atomic mass is 9.87. The number of alkyl halides is 1. The van der Waals surface area contributed by atoms with Crippen molar-refractivity contribution in [2.45, 2.75) is 65.1 Å². The zero-order valence-electron chi connectivity index (χ0n) is 9.86. The zero-order valence-corrected chi connectivity index (χ0v) is 11.4. The molecule has 0 aromatic rings. The molecule has 0 rings (SSSR count). The first kappa shape index (κ1) is 13.5. The van der Waals surface area contributed by atoms with Crippen LogP contribution in [-0.4, -0.2) is 4.83 Å². The highest BCUT2D eigenvalue weighted by molar-refractivity contribution is 9.09. The molecule has 80 valence electrons. The van der Waals surface area contributed by atoms with Gasteiger partial charge in [-0.25, -0.2) is 0 Å². The second kappa shape index (κ2) is 6.06. The molecule has 0 aliphatic rings. The summed E-state index contributed by atoms with van der Waals surface area (Å²) in [5.74, 6) is 0.896. The highest BCUT2D eigenvalue weighted by Gasteiger charge is 2.21. The quantitative estimate of drug-likeness (QED) is 0.600. The Morgan fingerprint density at radius 1 is 1.08 bits per heavy atom. The van der Waals surface area contributed by atoms with Gasteiger partial charge in [0.15, 0.2) is 0 Å². The summed E-state index contributed by atoms with van der Waals surface area (Å²) in [6, 6.07) is 0. The molecule has 2 unspecified atom stereocenters. The Kier molecular flexibility index (Phi) is 6.28. The van der Waals surface area contributed by atoms with E-state index in [1.807, 2.05) is 0 Å². The van der Waals surface area contributed by atoms with E-state index in [2.05, 4.69) is 50.5 Å². The lowest BCUT2D eigenvalue weighted by molar-refractivity contribution is 0.355. The summed E-state index contributed by atoms with van der Waals surface area (Å²) in [7, 11) is 0. The summed E-state index contributed by atoms with van der Waals surface area (Å²) in [5, 5.41) is 0. The van der Waals surface area contributed by atoms with E-state index in [1.54, 1.807) is 0 Å². The van der Waals surface area contributed by atoms with Crippen LogP contribution in [0.1, 0.15) is 60.3 Å². The van der Waals surface area contributed by atoms with Crippen molar-refractivity contribution in [1.29, 1.82) is 0 Å². The van der Waals surface area contributed by atoms with Gasteiger partial charge in [0, 0.05) is 4.83 Å². The first-order valence-electron chi connectivity index (χ1n) is 5.52. The molecule has 2 atom stereocenters. The van der Waals surface area contributed by atoms with Crippen LogP contribution in [0.2, 0.25) is 0 Å². The summed E-state index contributed by atoms with van der Waals surface area (Å²) in [5.41, 5.74) is 0.409. The average molecular weight is 249 g/mol. The van der Waals surface area contributed by atoms with Crippen LogP contribution in [0.4, 0.5) is 0 Å². The topological polar surface area (TPSA) is 0 Å². The Bertz CT molecular complexity index is 124. The predicted molar refractivity (Wildman–Crippen MR) is 65.5 cm³/mol. The molecule has 0 bridgehead atoms. The molecule has 0 N–H and O–H groups in total. The molecule has 0 spiro atoms. The van der Waals surface area contributed by atoms with Crippen molar-refractivity contribution in [3.05, 3.63) is 0 Å². The normalized spacial score (nSPS) is 17.1. The van der Waals surface area contributed by atoms with Crippen LogP contribution >= 0.6 is 15.9 Å². The van der Waals surface area contributed by atoms with Gasteiger partial charge in [-0.3, -0.25) is 0 Å². The molecular formula is C12H25Br. The Labute approximate surface area is 92.6 Å². The van der Waals surface area contributed by atoms with Gasteiger partial charge < -0.3 is 0 Å². The summed E-state index contributed by atoms with van der Waals surface area (Å²) < 4.78 is 0. The first-order valence-corrected chi connectivity index (χ1v) is 6.43. The van der Waals surface area contributed by atoms with Crippen LogP contribution < -0.4 is 0 Å². The maximum atomic E-state index is 3.78. The predicted octanol–water partition coefficient (Wildman–Crippen LogP) is 5.01. The summed E-state index contributed by atoms with van der Waals surface area (Å²) >= 11 is 3.78. The van der Waals surface area contributed by atoms with E-state index >= 15 is 0 Å². The minimum absolute atomic E-state index is 0.409. The van der Waals surface area contributed by atoms with Gasteiger partial charge in [-0.15, -0.1) is 0 Å². The average Bonchev–Trinajstić information content (AvgIpc) is 1.99. The summed E-state index contributed by atoms with van der Waals surface area (Å²) in [6.07, 6.45) is 5.37. The molecule has 0 aliphatic heterocycles. The van der Waals surface area contributed by atoms with E-state index in [0.717, 1.165) is 5.92 Å². The number of hydrogen-bond acceptors (Lipinski definition) is 0. The molecule has 0 radical (unpaired) electrons. The Hall–Kier alpha value is 0.480. The Balaban J connectivity index is 3.63. The van der Waals surface area contributed by atoms with Gasteiger partial charge in [0.25, 0.3) is 0 Å². The highest BCUT2D eigenvalue weighted by atomic mass is 79.9. The summed E-state index contributed by atoms with van der Waals surface area (Å²) in [6.45, 7) is 11.5. The van der Waals surface area contributed by atoms with Crippen molar-refractivity contribution in [3.8, 4) is 0 Å². The second-order valence-electron chi connectivity index (χ2n) is 5.30. The lowest BCUT2D eigenvalue weighted by Crippen LogP contribution is -2.20. The molecule has 0 heterocycles. The van der Waals surface area contributed by atoms with E-state index in [1.165, 1.54) is 25.7 Å². The standard InChI is InChI=1S/C12H25Br/c1-6-7-10(2)8-9-11(13)12(3,4)5/h10-11H,6-9H2,1-5H3. The maximum absolute atomic E-state index is 3.78. The van der Waals surface area contributed by atoms with Gasteiger partial charge in [0.1, 0.15) is 0 Å². The fraction of sp³-hybridized carbons (Fsp3) is 1.00. The molecular weight excluding hydrogens is 224 g/mol. The van der Waals surface area contributed by atoms with E-state index in [9.17, 15) is 0 Å². The molecule has 0 aliphatic carbocycles. The third kappa shape index (κ3) is 6.54. The summed E-state index contributed by atoms with van der Waals surface area (Å²) in [4.78, 5) is 0.666. The van der Waals surface area contributed by atoms with Crippen LogP contribution in [0, 0.1) is 11.3 Å².